The Labute approximate surface area is 185 Å². The van der Waals surface area contributed by atoms with Crippen LogP contribution >= 0.6 is 23.2 Å². The van der Waals surface area contributed by atoms with E-state index in [1.165, 1.54) is 18.1 Å². The SMILES string of the molecule is COc1ccc(C(O)=C2C(=O)C(=O)N(CCN(C)C)[C@@H]2c2ccc(Cl)cc2)cc1Cl. The van der Waals surface area contributed by atoms with Gasteiger partial charge in [0.05, 0.1) is 23.7 Å². The molecule has 1 fully saturated rings. The number of hydrogen-bond acceptors (Lipinski definition) is 5. The number of ether oxygens (including phenoxy) is 1. The molecule has 2 aromatic carbocycles. The van der Waals surface area contributed by atoms with Gasteiger partial charge in [-0.25, -0.2) is 0 Å². The molecule has 1 heterocycles. The van der Waals surface area contributed by atoms with Crippen molar-refractivity contribution in [2.75, 3.05) is 34.3 Å². The number of benzene rings is 2. The largest absolute Gasteiger partial charge is 0.507 e. The summed E-state index contributed by atoms with van der Waals surface area (Å²) in [6.45, 7) is 0.885. The molecule has 6 nitrogen and oxygen atoms in total. The molecule has 1 aliphatic heterocycles. The Bertz CT molecular complexity index is 1000. The van der Waals surface area contributed by atoms with Crippen molar-refractivity contribution >= 4 is 40.7 Å². The molecule has 1 atom stereocenters. The van der Waals surface area contributed by atoms with Gasteiger partial charge in [0.1, 0.15) is 11.5 Å². The molecule has 0 bridgehead atoms. The molecular weight excluding hydrogens is 427 g/mol. The number of carbonyl (C=O) groups is 2. The van der Waals surface area contributed by atoms with E-state index >= 15 is 0 Å². The van der Waals surface area contributed by atoms with E-state index in [4.69, 9.17) is 27.9 Å². The monoisotopic (exact) mass is 448 g/mol. The number of Topliss-reactive ketones (excluding diaryl/α,β-unsaturated/α-hetero) is 1. The summed E-state index contributed by atoms with van der Waals surface area (Å²) in [7, 11) is 5.25. The number of likely N-dealkylation sites (tertiary alicyclic amines) is 1. The second-order valence-electron chi connectivity index (χ2n) is 7.20. The minimum atomic E-state index is -0.738. The molecule has 0 radical (unpaired) electrons. The highest BCUT2D eigenvalue weighted by Gasteiger charge is 2.45. The quantitative estimate of drug-likeness (QED) is 0.411. The van der Waals surface area contributed by atoms with Crippen molar-refractivity contribution in [3.05, 3.63) is 69.2 Å². The fourth-order valence-electron chi connectivity index (χ4n) is 3.38. The zero-order valence-electron chi connectivity index (χ0n) is 16.9. The van der Waals surface area contributed by atoms with E-state index < -0.39 is 17.7 Å². The first kappa shape index (κ1) is 22.2. The molecule has 2 aromatic rings. The van der Waals surface area contributed by atoms with Gasteiger partial charge in [-0.2, -0.15) is 0 Å². The average molecular weight is 449 g/mol. The van der Waals surface area contributed by atoms with Crippen LogP contribution in [0.25, 0.3) is 5.76 Å². The third-order valence-electron chi connectivity index (χ3n) is 4.94. The lowest BCUT2D eigenvalue weighted by atomic mass is 9.95. The molecule has 1 saturated heterocycles. The zero-order valence-corrected chi connectivity index (χ0v) is 18.4. The van der Waals surface area contributed by atoms with Gasteiger partial charge in [0.2, 0.25) is 0 Å². The van der Waals surface area contributed by atoms with Crippen LogP contribution in [-0.2, 0) is 9.59 Å². The molecule has 0 aliphatic carbocycles. The van der Waals surface area contributed by atoms with Crippen LogP contribution in [0.2, 0.25) is 10.0 Å². The number of halogens is 2. The Balaban J connectivity index is 2.14. The van der Waals surface area contributed by atoms with Crippen LogP contribution in [0.1, 0.15) is 17.2 Å². The molecular formula is C22H22Cl2N2O4. The second kappa shape index (κ2) is 9.08. The average Bonchev–Trinajstić information content (AvgIpc) is 2.96. The minimum Gasteiger partial charge on any atom is -0.507 e. The Morgan fingerprint density at radius 1 is 1.13 bits per heavy atom. The van der Waals surface area contributed by atoms with E-state index in [1.54, 1.807) is 36.4 Å². The predicted molar refractivity (Wildman–Crippen MR) is 117 cm³/mol. The fraction of sp³-hybridized carbons (Fsp3) is 0.273. The normalized spacial score (nSPS) is 18.3. The van der Waals surface area contributed by atoms with Crippen molar-refractivity contribution < 1.29 is 19.4 Å². The number of aliphatic hydroxyl groups excluding tert-OH is 1. The molecule has 0 unspecified atom stereocenters. The number of amides is 1. The molecule has 8 heteroatoms. The molecule has 0 aromatic heterocycles. The van der Waals surface area contributed by atoms with E-state index in [1.807, 2.05) is 19.0 Å². The highest BCUT2D eigenvalue weighted by atomic mass is 35.5. The van der Waals surface area contributed by atoms with Gasteiger partial charge in [0.15, 0.2) is 0 Å². The van der Waals surface area contributed by atoms with Crippen LogP contribution in [0.4, 0.5) is 0 Å². The van der Waals surface area contributed by atoms with Gasteiger partial charge >= 0.3 is 0 Å². The first-order valence-corrected chi connectivity index (χ1v) is 10.0. The summed E-state index contributed by atoms with van der Waals surface area (Å²) in [6, 6.07) is 10.8. The van der Waals surface area contributed by atoms with Gasteiger partial charge in [0.25, 0.3) is 11.7 Å². The Kier molecular flexibility index (Phi) is 6.71. The predicted octanol–water partition coefficient (Wildman–Crippen LogP) is 3.99. The molecule has 3 rings (SSSR count). The Hall–Kier alpha value is -2.54. The first-order chi connectivity index (χ1) is 14.2. The van der Waals surface area contributed by atoms with E-state index in [9.17, 15) is 14.7 Å². The summed E-state index contributed by atoms with van der Waals surface area (Å²) in [5.74, 6) is -1.24. The van der Waals surface area contributed by atoms with Crippen LogP contribution in [0.3, 0.4) is 0 Å². The van der Waals surface area contributed by atoms with Crippen molar-refractivity contribution in [3.63, 3.8) is 0 Å². The number of nitrogens with zero attached hydrogens (tertiary/aromatic N) is 2. The van der Waals surface area contributed by atoms with Gasteiger partial charge in [-0.1, -0.05) is 35.3 Å². The minimum absolute atomic E-state index is 0.0160. The van der Waals surface area contributed by atoms with Gasteiger partial charge < -0.3 is 19.6 Å². The van der Waals surface area contributed by atoms with Gasteiger partial charge in [-0.15, -0.1) is 0 Å². The molecule has 158 valence electrons. The van der Waals surface area contributed by atoms with E-state index in [0.717, 1.165) is 0 Å². The Morgan fingerprint density at radius 2 is 1.80 bits per heavy atom. The standard InChI is InChI=1S/C22H22Cl2N2O4/c1-25(2)10-11-26-19(13-4-7-15(23)8-5-13)18(21(28)22(26)29)20(27)14-6-9-17(30-3)16(24)12-14/h4-9,12,19,27H,10-11H2,1-3H3/t19-/m1/s1. The lowest BCUT2D eigenvalue weighted by molar-refractivity contribution is -0.140. The molecule has 1 amide bonds. The van der Waals surface area contributed by atoms with E-state index in [-0.39, 0.29) is 16.4 Å². The fourth-order valence-corrected chi connectivity index (χ4v) is 3.76. The van der Waals surface area contributed by atoms with Crippen LogP contribution < -0.4 is 4.74 Å². The maximum absolute atomic E-state index is 12.9. The number of carbonyl (C=O) groups excluding carboxylic acids is 2. The molecule has 0 saturated carbocycles. The summed E-state index contributed by atoms with van der Waals surface area (Å²) < 4.78 is 5.14. The maximum atomic E-state index is 12.9. The zero-order chi connectivity index (χ0) is 22.0. The number of hydrogen-bond donors (Lipinski definition) is 1. The maximum Gasteiger partial charge on any atom is 0.295 e. The number of ketones is 1. The van der Waals surface area contributed by atoms with Crippen LogP contribution in [0.15, 0.2) is 48.0 Å². The smallest absolute Gasteiger partial charge is 0.295 e. The molecule has 30 heavy (non-hydrogen) atoms. The third-order valence-corrected chi connectivity index (χ3v) is 5.49. The first-order valence-electron chi connectivity index (χ1n) is 9.27. The number of likely N-dealkylation sites (N-methyl/N-ethyl adjacent to an activating group) is 1. The van der Waals surface area contributed by atoms with Crippen molar-refractivity contribution in [1.82, 2.24) is 9.80 Å². The molecule has 1 N–H and O–H groups in total. The highest BCUT2D eigenvalue weighted by Crippen LogP contribution is 2.40. The highest BCUT2D eigenvalue weighted by molar-refractivity contribution is 6.46. The van der Waals surface area contributed by atoms with Crippen LogP contribution in [0.5, 0.6) is 5.75 Å². The van der Waals surface area contributed by atoms with Crippen LogP contribution in [0, 0.1) is 0 Å². The summed E-state index contributed by atoms with van der Waals surface area (Å²) in [6.07, 6.45) is 0. The van der Waals surface area contributed by atoms with Crippen molar-refractivity contribution in [2.45, 2.75) is 6.04 Å². The Morgan fingerprint density at radius 3 is 2.37 bits per heavy atom. The van der Waals surface area contributed by atoms with Crippen molar-refractivity contribution in [2.24, 2.45) is 0 Å². The summed E-state index contributed by atoms with van der Waals surface area (Å²) in [5.41, 5.74) is 1.02. The van der Waals surface area contributed by atoms with Crippen LogP contribution in [-0.4, -0.2) is 60.9 Å². The van der Waals surface area contributed by atoms with Crippen molar-refractivity contribution in [3.8, 4) is 5.75 Å². The molecule has 1 aliphatic rings. The summed E-state index contributed by atoms with van der Waals surface area (Å²) in [4.78, 5) is 29.1. The van der Waals surface area contributed by atoms with Gasteiger partial charge in [0, 0.05) is 23.7 Å². The third kappa shape index (κ3) is 4.31. The summed E-state index contributed by atoms with van der Waals surface area (Å²) in [5, 5.41) is 11.8. The molecule has 0 spiro atoms. The number of rotatable bonds is 6. The number of methoxy groups -OCH3 is 1. The summed E-state index contributed by atoms with van der Waals surface area (Å²) >= 11 is 12.2. The van der Waals surface area contributed by atoms with E-state index in [2.05, 4.69) is 0 Å². The second-order valence-corrected chi connectivity index (χ2v) is 8.04. The lowest BCUT2D eigenvalue weighted by Crippen LogP contribution is -2.35. The van der Waals surface area contributed by atoms with E-state index in [0.29, 0.717) is 35.0 Å². The number of aliphatic hydroxyl groups is 1. The van der Waals surface area contributed by atoms with Gasteiger partial charge in [-0.05, 0) is 50.0 Å². The topological polar surface area (TPSA) is 70.1 Å². The lowest BCUT2D eigenvalue weighted by Gasteiger charge is -2.26. The van der Waals surface area contributed by atoms with Gasteiger partial charge in [-0.3, -0.25) is 9.59 Å². The van der Waals surface area contributed by atoms with Crippen molar-refractivity contribution in [1.29, 1.82) is 0 Å².